The first kappa shape index (κ1) is 39.9. The van der Waals surface area contributed by atoms with Gasteiger partial charge in [0.2, 0.25) is 11.8 Å². The Morgan fingerprint density at radius 3 is 2.34 bits per heavy atom. The quantitative estimate of drug-likeness (QED) is 0.200. The maximum absolute atomic E-state index is 13.4. The standard InChI is InChI=1S/C42H47ClN6O8S/c1-22-17-33(58-4)30(38(52)45-22)20-44-37(51)28-19-31(43)36-35(23(28)2)56-42(3,57-36)25-7-5-24(6-8-25)21-47-13-15-48(16-14-47)26-9-10-27-29(18-26)41(55)49(40(27)54)32-11-12-34(50)46-39(32)53/h9-10,17-19,24-25,32H,5-8,11-16,20-21H2,1-4H3,(H,44,51)(H,45,52)(H,46,50,53). The normalized spacial score (nSPS) is 24.6. The van der Waals surface area contributed by atoms with E-state index in [1.54, 1.807) is 18.2 Å². The van der Waals surface area contributed by atoms with Crippen molar-refractivity contribution < 1.29 is 33.4 Å². The molecule has 1 aromatic heterocycles. The predicted molar refractivity (Wildman–Crippen MR) is 218 cm³/mol. The van der Waals surface area contributed by atoms with Gasteiger partial charge in [0, 0.05) is 91.5 Å². The maximum atomic E-state index is 13.4. The van der Waals surface area contributed by atoms with Crippen molar-refractivity contribution in [1.82, 2.24) is 25.4 Å². The van der Waals surface area contributed by atoms with E-state index in [1.807, 2.05) is 39.2 Å². The molecule has 4 aliphatic heterocycles. The molecule has 2 saturated heterocycles. The van der Waals surface area contributed by atoms with Crippen LogP contribution in [0.4, 0.5) is 5.69 Å². The number of pyridine rings is 1. The molecule has 5 aliphatic rings. The number of nitrogens with one attached hydrogen (secondary N) is 3. The van der Waals surface area contributed by atoms with Gasteiger partial charge in [0.15, 0.2) is 11.5 Å². The van der Waals surface area contributed by atoms with Gasteiger partial charge in [-0.1, -0.05) is 11.6 Å². The smallest absolute Gasteiger partial charge is 0.262 e. The van der Waals surface area contributed by atoms with E-state index in [0.717, 1.165) is 79.6 Å². The van der Waals surface area contributed by atoms with Crippen LogP contribution in [0.5, 0.6) is 11.5 Å². The summed E-state index contributed by atoms with van der Waals surface area (Å²) in [5.74, 6) is -1.73. The van der Waals surface area contributed by atoms with Gasteiger partial charge in [0.1, 0.15) is 6.04 Å². The molecule has 5 amide bonds. The number of aryl methyl sites for hydroxylation is 1. The van der Waals surface area contributed by atoms with E-state index in [2.05, 4.69) is 25.4 Å². The number of benzene rings is 2. The van der Waals surface area contributed by atoms with E-state index >= 15 is 0 Å². The summed E-state index contributed by atoms with van der Waals surface area (Å²) >= 11 is 8.18. The summed E-state index contributed by atoms with van der Waals surface area (Å²) in [5.41, 5.74) is 3.46. The molecule has 16 heteroatoms. The van der Waals surface area contributed by atoms with Crippen molar-refractivity contribution in [2.75, 3.05) is 43.9 Å². The molecule has 3 N–H and O–H groups in total. The monoisotopic (exact) mass is 830 g/mol. The molecular formula is C42H47ClN6O8S. The van der Waals surface area contributed by atoms with Crippen LogP contribution in [0.15, 0.2) is 40.0 Å². The van der Waals surface area contributed by atoms with Gasteiger partial charge in [-0.2, -0.15) is 0 Å². The lowest BCUT2D eigenvalue weighted by atomic mass is 9.78. The van der Waals surface area contributed by atoms with Crippen molar-refractivity contribution in [3.05, 3.63) is 79.2 Å². The number of hydrogen-bond donors (Lipinski definition) is 3. The molecular weight excluding hydrogens is 784 g/mol. The fourth-order valence-corrected chi connectivity index (χ4v) is 10.1. The molecule has 5 heterocycles. The number of thioether (sulfide) groups is 1. The van der Waals surface area contributed by atoms with Crippen LogP contribution in [-0.2, 0) is 16.1 Å². The first-order chi connectivity index (χ1) is 27.7. The Morgan fingerprint density at radius 1 is 0.931 bits per heavy atom. The summed E-state index contributed by atoms with van der Waals surface area (Å²) in [5, 5.41) is 5.43. The number of aromatic amines is 1. The number of carbonyl (C=O) groups is 5. The molecule has 14 nitrogen and oxygen atoms in total. The molecule has 2 atom stereocenters. The third-order valence-corrected chi connectivity index (χ3v) is 13.5. The van der Waals surface area contributed by atoms with Gasteiger partial charge in [-0.15, -0.1) is 11.8 Å². The number of rotatable bonds is 9. The number of imide groups is 2. The van der Waals surface area contributed by atoms with Crippen molar-refractivity contribution in [3.8, 4) is 11.5 Å². The van der Waals surface area contributed by atoms with Crippen LogP contribution in [0.2, 0.25) is 5.02 Å². The Hall–Kier alpha value is -4.86. The average Bonchev–Trinajstić information content (AvgIpc) is 3.70. The number of nitrogens with zero attached hydrogens (tertiary/aromatic N) is 3. The number of ether oxygens (including phenoxy) is 2. The lowest BCUT2D eigenvalue weighted by molar-refractivity contribution is -0.136. The fraction of sp³-hybridized carbons (Fsp3) is 0.476. The number of piperazine rings is 1. The molecule has 2 aromatic carbocycles. The molecule has 0 spiro atoms. The van der Waals surface area contributed by atoms with E-state index in [4.69, 9.17) is 21.1 Å². The van der Waals surface area contributed by atoms with Gasteiger partial charge in [0.05, 0.1) is 16.1 Å². The summed E-state index contributed by atoms with van der Waals surface area (Å²) in [6.07, 6.45) is 5.97. The fourth-order valence-electron chi connectivity index (χ4n) is 9.13. The minimum Gasteiger partial charge on any atom is -0.448 e. The van der Waals surface area contributed by atoms with Gasteiger partial charge >= 0.3 is 0 Å². The molecule has 0 radical (unpaired) electrons. The predicted octanol–water partition coefficient (Wildman–Crippen LogP) is 4.81. The van der Waals surface area contributed by atoms with E-state index in [-0.39, 0.29) is 42.3 Å². The number of aromatic nitrogens is 1. The molecule has 2 unspecified atom stereocenters. The first-order valence-corrected chi connectivity index (χ1v) is 21.4. The lowest BCUT2D eigenvalue weighted by Gasteiger charge is -2.41. The van der Waals surface area contributed by atoms with E-state index in [0.29, 0.717) is 44.7 Å². The number of halogens is 1. The number of anilines is 1. The van der Waals surface area contributed by atoms with Crippen molar-refractivity contribution in [3.63, 3.8) is 0 Å². The summed E-state index contributed by atoms with van der Waals surface area (Å²) in [7, 11) is 0. The summed E-state index contributed by atoms with van der Waals surface area (Å²) < 4.78 is 13.0. The minimum atomic E-state index is -0.986. The number of H-pyrrole nitrogens is 1. The maximum Gasteiger partial charge on any atom is 0.262 e. The van der Waals surface area contributed by atoms with Gasteiger partial charge in [-0.25, -0.2) is 0 Å². The Morgan fingerprint density at radius 2 is 1.64 bits per heavy atom. The SMILES string of the molecule is CSc1cc(C)[nH]c(=O)c1CNC(=O)c1cc(Cl)c2c(c1C)OC(C)(C1CCC(CN3CCN(c4ccc5c(c4)C(=O)N(C4CCC(=O)NC4=O)C5=O)CC3)CC1)O2. The number of amides is 5. The second-order valence-electron chi connectivity index (χ2n) is 16.1. The molecule has 8 rings (SSSR count). The Labute approximate surface area is 345 Å². The highest BCUT2D eigenvalue weighted by Crippen LogP contribution is 2.52. The zero-order valence-electron chi connectivity index (χ0n) is 33.0. The number of carbonyl (C=O) groups excluding carboxylic acids is 5. The third-order valence-electron chi connectivity index (χ3n) is 12.4. The van der Waals surface area contributed by atoms with Crippen molar-refractivity contribution >= 4 is 58.6 Å². The van der Waals surface area contributed by atoms with Crippen molar-refractivity contribution in [2.45, 2.75) is 82.6 Å². The zero-order chi connectivity index (χ0) is 41.0. The van der Waals surface area contributed by atoms with Gasteiger partial charge in [0.25, 0.3) is 29.1 Å². The van der Waals surface area contributed by atoms with E-state index in [9.17, 15) is 28.8 Å². The summed E-state index contributed by atoms with van der Waals surface area (Å²) in [6.45, 7) is 9.92. The summed E-state index contributed by atoms with van der Waals surface area (Å²) in [6, 6.07) is 7.80. The molecule has 1 saturated carbocycles. The van der Waals surface area contributed by atoms with Crippen molar-refractivity contribution in [2.24, 2.45) is 11.8 Å². The number of hydrogen-bond acceptors (Lipinski definition) is 11. The second-order valence-corrected chi connectivity index (χ2v) is 17.4. The van der Waals surface area contributed by atoms with E-state index < -0.39 is 35.5 Å². The van der Waals surface area contributed by atoms with Crippen LogP contribution in [0.3, 0.4) is 0 Å². The lowest BCUT2D eigenvalue weighted by Crippen LogP contribution is -2.54. The second kappa shape index (κ2) is 15.7. The van der Waals surface area contributed by atoms with Crippen LogP contribution >= 0.6 is 23.4 Å². The molecule has 1 aliphatic carbocycles. The Kier molecular flexibility index (Phi) is 10.8. The summed E-state index contributed by atoms with van der Waals surface area (Å²) in [4.78, 5) is 86.0. The van der Waals surface area contributed by atoms with Gasteiger partial charge in [-0.3, -0.25) is 43.9 Å². The van der Waals surface area contributed by atoms with Crippen LogP contribution in [-0.4, -0.2) is 95.1 Å². The highest BCUT2D eigenvalue weighted by atomic mass is 35.5. The molecule has 58 heavy (non-hydrogen) atoms. The highest BCUT2D eigenvalue weighted by Gasteiger charge is 2.48. The highest BCUT2D eigenvalue weighted by molar-refractivity contribution is 7.98. The van der Waals surface area contributed by atoms with E-state index in [1.165, 1.54) is 11.8 Å². The topological polar surface area (TPSA) is 170 Å². The number of fused-ring (bicyclic) bond motifs is 2. The van der Waals surface area contributed by atoms with Gasteiger partial charge < -0.3 is 24.7 Å². The molecule has 3 aromatic rings. The zero-order valence-corrected chi connectivity index (χ0v) is 34.6. The first-order valence-electron chi connectivity index (χ1n) is 19.8. The molecule has 306 valence electrons. The third kappa shape index (κ3) is 7.36. The Bertz CT molecular complexity index is 2280. The largest absolute Gasteiger partial charge is 0.448 e. The van der Waals surface area contributed by atoms with Crippen LogP contribution in [0.25, 0.3) is 0 Å². The van der Waals surface area contributed by atoms with Crippen LogP contribution in [0, 0.1) is 25.7 Å². The van der Waals surface area contributed by atoms with Crippen LogP contribution < -0.4 is 30.6 Å². The van der Waals surface area contributed by atoms with Crippen molar-refractivity contribution in [1.29, 1.82) is 0 Å². The molecule has 3 fully saturated rings. The Balaban J connectivity index is 0.833. The van der Waals surface area contributed by atoms with Crippen LogP contribution in [0.1, 0.15) is 93.3 Å². The average molecular weight is 831 g/mol. The minimum absolute atomic E-state index is 0.0708. The number of piperidine rings is 1. The van der Waals surface area contributed by atoms with Gasteiger partial charge in [-0.05, 0) is 88.5 Å². The molecule has 0 bridgehead atoms.